The summed E-state index contributed by atoms with van der Waals surface area (Å²) in [6.45, 7) is -0.472. The Morgan fingerprint density at radius 2 is 1.57 bits per heavy atom. The van der Waals surface area contributed by atoms with E-state index in [-0.39, 0.29) is 19.1 Å². The Labute approximate surface area is 122 Å². The van der Waals surface area contributed by atoms with E-state index in [0.717, 1.165) is 0 Å². The van der Waals surface area contributed by atoms with Crippen LogP contribution in [0.5, 0.6) is 0 Å². The van der Waals surface area contributed by atoms with Gasteiger partial charge in [-0.3, -0.25) is 0 Å². The topological polar surface area (TPSA) is 166 Å². The average molecular weight is 311 g/mol. The number of ether oxygens (including phenoxy) is 2. The molecule has 0 radical (unpaired) electrons. The second-order valence-corrected chi connectivity index (χ2v) is 5.21. The third-order valence-corrected chi connectivity index (χ3v) is 3.34. The summed E-state index contributed by atoms with van der Waals surface area (Å²) in [5.74, 6) is 0. The molecule has 0 spiro atoms. The number of hydrogen-bond donors (Lipinski definition) is 7. The normalized spacial score (nSPS) is 43.9. The Hall–Kier alpha value is -0.360. The lowest BCUT2D eigenvalue weighted by Crippen LogP contribution is -2.49. The zero-order valence-electron chi connectivity index (χ0n) is 11.7. The van der Waals surface area contributed by atoms with Gasteiger partial charge in [0.05, 0.1) is 31.5 Å². The van der Waals surface area contributed by atoms with Gasteiger partial charge >= 0.3 is 0 Å². The van der Waals surface area contributed by atoms with E-state index in [1.165, 1.54) is 0 Å². The zero-order chi connectivity index (χ0) is 16.0. The van der Waals surface area contributed by atoms with E-state index in [1.54, 1.807) is 0 Å². The fraction of sp³-hybridized carbons (Fsp3) is 1.00. The molecular formula is C12H25NO8. The van der Waals surface area contributed by atoms with Crippen LogP contribution in [0, 0.1) is 0 Å². The second-order valence-electron chi connectivity index (χ2n) is 5.21. The summed E-state index contributed by atoms with van der Waals surface area (Å²) < 4.78 is 9.79. The quantitative estimate of drug-likeness (QED) is 0.275. The van der Waals surface area contributed by atoms with Crippen LogP contribution in [0.25, 0.3) is 0 Å². The van der Waals surface area contributed by atoms with Crippen molar-refractivity contribution in [3.8, 4) is 0 Å². The minimum Gasteiger partial charge on any atom is -0.394 e. The van der Waals surface area contributed by atoms with Crippen LogP contribution in [0.15, 0.2) is 0 Å². The maximum absolute atomic E-state index is 9.11. The molecule has 9 heteroatoms. The van der Waals surface area contributed by atoms with Crippen molar-refractivity contribution in [1.82, 2.24) is 0 Å². The first-order valence-corrected chi connectivity index (χ1v) is 6.87. The summed E-state index contributed by atoms with van der Waals surface area (Å²) in [6, 6.07) is 0. The van der Waals surface area contributed by atoms with Crippen molar-refractivity contribution in [2.45, 2.75) is 62.3 Å². The van der Waals surface area contributed by atoms with Crippen molar-refractivity contribution in [2.24, 2.45) is 5.73 Å². The average Bonchev–Trinajstić information content (AvgIpc) is 2.42. The van der Waals surface area contributed by atoms with E-state index < -0.39 is 43.5 Å². The fourth-order valence-corrected chi connectivity index (χ4v) is 2.23. The number of aliphatic hydroxyl groups is 6. The van der Waals surface area contributed by atoms with Gasteiger partial charge in [-0.1, -0.05) is 0 Å². The summed E-state index contributed by atoms with van der Waals surface area (Å²) in [4.78, 5) is 0. The molecule has 2 saturated heterocycles. The summed E-state index contributed by atoms with van der Waals surface area (Å²) in [5.41, 5.74) is 5.40. The Morgan fingerprint density at radius 3 is 2.10 bits per heavy atom. The van der Waals surface area contributed by atoms with E-state index in [4.69, 9.17) is 45.8 Å². The molecule has 7 unspecified atom stereocenters. The molecule has 8 N–H and O–H groups in total. The van der Waals surface area contributed by atoms with Crippen LogP contribution < -0.4 is 5.73 Å². The van der Waals surface area contributed by atoms with Crippen LogP contribution in [0.2, 0.25) is 0 Å². The van der Waals surface area contributed by atoms with Gasteiger partial charge < -0.3 is 45.8 Å². The summed E-state index contributed by atoms with van der Waals surface area (Å²) >= 11 is 0. The SMILES string of the molecule is NC1CC(O)CC(CO)O1.OCC1OC(O)CC(O)C1O. The van der Waals surface area contributed by atoms with Crippen LogP contribution in [-0.2, 0) is 9.47 Å². The molecule has 0 aromatic rings. The highest BCUT2D eigenvalue weighted by Gasteiger charge is 2.35. The standard InChI is InChI=1S/C6H13NO3.C6H12O5/c7-6-2-4(9)1-5(3-8)10-6;7-2-4-6(10)3(8)1-5(9)11-4/h4-6,8-9H,1-3,7H2;3-10H,1-2H2. The predicted molar refractivity (Wildman–Crippen MR) is 69.8 cm³/mol. The van der Waals surface area contributed by atoms with Gasteiger partial charge in [0.2, 0.25) is 0 Å². The molecule has 2 aliphatic heterocycles. The molecule has 9 nitrogen and oxygen atoms in total. The minimum atomic E-state index is -1.11. The van der Waals surface area contributed by atoms with Gasteiger partial charge in [0, 0.05) is 19.3 Å². The van der Waals surface area contributed by atoms with E-state index in [0.29, 0.717) is 12.8 Å². The molecule has 0 saturated carbocycles. The first kappa shape index (κ1) is 18.7. The monoisotopic (exact) mass is 311 g/mol. The molecule has 7 atom stereocenters. The van der Waals surface area contributed by atoms with Gasteiger partial charge in [0.15, 0.2) is 6.29 Å². The highest BCUT2D eigenvalue weighted by molar-refractivity contribution is 4.81. The molecule has 2 aliphatic rings. The Bertz CT molecular complexity index is 284. The Morgan fingerprint density at radius 1 is 0.905 bits per heavy atom. The van der Waals surface area contributed by atoms with E-state index in [9.17, 15) is 0 Å². The second kappa shape index (κ2) is 8.93. The summed E-state index contributed by atoms with van der Waals surface area (Å²) in [5, 5.41) is 53.4. The molecule has 2 fully saturated rings. The summed E-state index contributed by atoms with van der Waals surface area (Å²) in [7, 11) is 0. The molecule has 126 valence electrons. The first-order chi connectivity index (χ1) is 9.87. The van der Waals surface area contributed by atoms with Crippen molar-refractivity contribution < 1.29 is 40.1 Å². The smallest absolute Gasteiger partial charge is 0.157 e. The first-order valence-electron chi connectivity index (χ1n) is 6.87. The van der Waals surface area contributed by atoms with E-state index >= 15 is 0 Å². The maximum Gasteiger partial charge on any atom is 0.157 e. The number of rotatable bonds is 2. The van der Waals surface area contributed by atoms with Gasteiger partial charge in [-0.15, -0.1) is 0 Å². The lowest BCUT2D eigenvalue weighted by Gasteiger charge is -2.33. The third kappa shape index (κ3) is 6.10. The number of hydrogen-bond acceptors (Lipinski definition) is 9. The van der Waals surface area contributed by atoms with Crippen molar-refractivity contribution >= 4 is 0 Å². The number of aliphatic hydroxyl groups excluding tert-OH is 6. The van der Waals surface area contributed by atoms with Crippen LogP contribution in [0.1, 0.15) is 19.3 Å². The van der Waals surface area contributed by atoms with Crippen molar-refractivity contribution in [1.29, 1.82) is 0 Å². The van der Waals surface area contributed by atoms with Gasteiger partial charge in [-0.25, -0.2) is 0 Å². The minimum absolute atomic E-state index is 0.0162. The van der Waals surface area contributed by atoms with E-state index in [1.807, 2.05) is 0 Å². The largest absolute Gasteiger partial charge is 0.394 e. The Kier molecular flexibility index (Phi) is 7.95. The molecule has 0 aliphatic carbocycles. The van der Waals surface area contributed by atoms with E-state index in [2.05, 4.69) is 0 Å². The molecule has 21 heavy (non-hydrogen) atoms. The molecular weight excluding hydrogens is 286 g/mol. The molecule has 0 aromatic carbocycles. The molecule has 2 heterocycles. The van der Waals surface area contributed by atoms with Crippen molar-refractivity contribution in [3.63, 3.8) is 0 Å². The zero-order valence-corrected chi connectivity index (χ0v) is 11.7. The third-order valence-electron chi connectivity index (χ3n) is 3.34. The Balaban J connectivity index is 0.000000211. The number of nitrogens with two attached hydrogens (primary N) is 1. The van der Waals surface area contributed by atoms with Gasteiger partial charge in [0.25, 0.3) is 0 Å². The molecule has 0 aromatic heterocycles. The lowest BCUT2D eigenvalue weighted by molar-refractivity contribution is -0.239. The van der Waals surface area contributed by atoms with Crippen LogP contribution >= 0.6 is 0 Å². The molecule has 0 amide bonds. The molecule has 2 rings (SSSR count). The van der Waals surface area contributed by atoms with Crippen LogP contribution in [0.4, 0.5) is 0 Å². The predicted octanol–water partition coefficient (Wildman–Crippen LogP) is -3.39. The van der Waals surface area contributed by atoms with Gasteiger partial charge in [0.1, 0.15) is 18.4 Å². The van der Waals surface area contributed by atoms with Gasteiger partial charge in [-0.05, 0) is 0 Å². The van der Waals surface area contributed by atoms with Crippen molar-refractivity contribution in [3.05, 3.63) is 0 Å². The van der Waals surface area contributed by atoms with Crippen LogP contribution in [0.3, 0.4) is 0 Å². The fourth-order valence-electron chi connectivity index (χ4n) is 2.23. The highest BCUT2D eigenvalue weighted by atomic mass is 16.6. The summed E-state index contributed by atoms with van der Waals surface area (Å²) in [6.07, 6.45) is -4.27. The highest BCUT2D eigenvalue weighted by Crippen LogP contribution is 2.18. The lowest BCUT2D eigenvalue weighted by atomic mass is 10.0. The molecule has 0 bridgehead atoms. The van der Waals surface area contributed by atoms with Gasteiger partial charge in [-0.2, -0.15) is 0 Å². The van der Waals surface area contributed by atoms with Crippen molar-refractivity contribution in [2.75, 3.05) is 13.2 Å². The van der Waals surface area contributed by atoms with Crippen LogP contribution in [-0.4, -0.2) is 86.9 Å². The maximum atomic E-state index is 9.11.